The SMILES string of the molecule is Cc1cc(C)c(S(=O)(=O)NC(N)=NCCC[C@H](N)C(=O)N2CCC[C@H]2C(=O)Nc2ccc([N+](=O)[O-])cc2)c(C)c1. The van der Waals surface area contributed by atoms with Crippen LogP contribution >= 0.6 is 0 Å². The average Bonchev–Trinajstić information content (AvgIpc) is 3.35. The van der Waals surface area contributed by atoms with Gasteiger partial charge in [0, 0.05) is 30.9 Å². The molecule has 2 atom stereocenters. The maximum absolute atomic E-state index is 13.0. The van der Waals surface area contributed by atoms with E-state index in [0.29, 0.717) is 42.6 Å². The van der Waals surface area contributed by atoms with E-state index in [-0.39, 0.29) is 35.4 Å². The van der Waals surface area contributed by atoms with Gasteiger partial charge in [-0.3, -0.25) is 24.7 Å². The molecule has 2 amide bonds. The molecule has 1 saturated heterocycles. The van der Waals surface area contributed by atoms with Crippen LogP contribution in [-0.4, -0.2) is 61.2 Å². The van der Waals surface area contributed by atoms with Gasteiger partial charge in [0.1, 0.15) is 6.04 Å². The molecule has 2 aromatic rings. The number of rotatable bonds is 10. The van der Waals surface area contributed by atoms with Crippen LogP contribution in [0.25, 0.3) is 0 Å². The third-order valence-corrected chi connectivity index (χ3v) is 8.23. The van der Waals surface area contributed by atoms with Crippen molar-refractivity contribution in [3.05, 3.63) is 63.2 Å². The lowest BCUT2D eigenvalue weighted by Gasteiger charge is -2.26. The minimum atomic E-state index is -3.92. The van der Waals surface area contributed by atoms with Crippen molar-refractivity contribution in [1.29, 1.82) is 0 Å². The summed E-state index contributed by atoms with van der Waals surface area (Å²) in [6, 6.07) is 7.40. The van der Waals surface area contributed by atoms with Gasteiger partial charge in [0.15, 0.2) is 0 Å². The fraction of sp³-hybridized carbons (Fsp3) is 0.423. The molecule has 3 rings (SSSR count). The van der Waals surface area contributed by atoms with Gasteiger partial charge in [0.25, 0.3) is 15.7 Å². The second-order valence-electron chi connectivity index (χ2n) is 9.83. The van der Waals surface area contributed by atoms with Crippen molar-refractivity contribution in [2.24, 2.45) is 16.5 Å². The van der Waals surface area contributed by atoms with Crippen LogP contribution in [0.5, 0.6) is 0 Å². The number of benzene rings is 2. The van der Waals surface area contributed by atoms with Crippen LogP contribution in [0.3, 0.4) is 0 Å². The van der Waals surface area contributed by atoms with Gasteiger partial charge in [0.2, 0.25) is 17.8 Å². The lowest BCUT2D eigenvalue weighted by Crippen LogP contribution is -2.49. The largest absolute Gasteiger partial charge is 0.369 e. The molecule has 1 aliphatic heterocycles. The molecule has 1 heterocycles. The van der Waals surface area contributed by atoms with Crippen LogP contribution in [-0.2, 0) is 19.6 Å². The predicted molar refractivity (Wildman–Crippen MR) is 151 cm³/mol. The molecular weight excluding hydrogens is 538 g/mol. The van der Waals surface area contributed by atoms with Crippen molar-refractivity contribution in [2.45, 2.75) is 63.4 Å². The van der Waals surface area contributed by atoms with Crippen LogP contribution in [0.2, 0.25) is 0 Å². The number of carbonyl (C=O) groups is 2. The van der Waals surface area contributed by atoms with Crippen molar-refractivity contribution in [2.75, 3.05) is 18.4 Å². The summed E-state index contributed by atoms with van der Waals surface area (Å²) in [7, 11) is -3.92. The summed E-state index contributed by atoms with van der Waals surface area (Å²) in [5.74, 6) is -1.03. The van der Waals surface area contributed by atoms with Crippen molar-refractivity contribution in [3.63, 3.8) is 0 Å². The van der Waals surface area contributed by atoms with Gasteiger partial charge in [-0.1, -0.05) is 17.7 Å². The number of guanidine groups is 1. The molecule has 0 spiro atoms. The number of non-ortho nitro benzene ring substituents is 1. The van der Waals surface area contributed by atoms with E-state index in [0.717, 1.165) is 5.56 Å². The van der Waals surface area contributed by atoms with Gasteiger partial charge in [0.05, 0.1) is 15.9 Å². The monoisotopic (exact) mass is 573 g/mol. The van der Waals surface area contributed by atoms with Crippen molar-refractivity contribution in [3.8, 4) is 0 Å². The first-order valence-electron chi connectivity index (χ1n) is 12.8. The van der Waals surface area contributed by atoms with E-state index in [1.165, 1.54) is 29.2 Å². The third kappa shape index (κ3) is 7.54. The fourth-order valence-electron chi connectivity index (χ4n) is 4.85. The Labute approximate surface area is 233 Å². The molecule has 1 aliphatic rings. The van der Waals surface area contributed by atoms with Crippen molar-refractivity contribution < 1.29 is 22.9 Å². The minimum absolute atomic E-state index is 0.0957. The molecule has 40 heavy (non-hydrogen) atoms. The third-order valence-electron chi connectivity index (χ3n) is 6.57. The number of hydrogen-bond acceptors (Lipinski definition) is 8. The number of nitro groups is 1. The number of likely N-dealkylation sites (tertiary alicyclic amines) is 1. The average molecular weight is 574 g/mol. The van der Waals surface area contributed by atoms with Gasteiger partial charge in [-0.15, -0.1) is 0 Å². The van der Waals surface area contributed by atoms with Crippen LogP contribution in [0.1, 0.15) is 42.4 Å². The molecule has 0 radical (unpaired) electrons. The molecule has 0 saturated carbocycles. The topological polar surface area (TPSA) is 203 Å². The number of sulfonamides is 1. The Morgan fingerprint density at radius 2 is 1.80 bits per heavy atom. The standard InChI is InChI=1S/C26H35N7O6S/c1-16-14-17(2)23(18(3)15-16)40(38,39)31-26(28)29-12-4-6-21(27)25(35)32-13-5-7-22(32)24(34)30-19-8-10-20(11-9-19)33(36)37/h8-11,14-15,21-22H,4-7,12-13,27H2,1-3H3,(H,30,34)(H3,28,29,31)/t21-,22-/m0/s1. The van der Waals surface area contributed by atoms with Gasteiger partial charge < -0.3 is 21.7 Å². The first kappa shape index (κ1) is 30.5. The maximum Gasteiger partial charge on any atom is 0.269 e. The molecule has 216 valence electrons. The highest BCUT2D eigenvalue weighted by Gasteiger charge is 2.36. The second-order valence-corrected chi connectivity index (χ2v) is 11.5. The maximum atomic E-state index is 13.0. The van der Waals surface area contributed by atoms with Crippen LogP contribution in [0.4, 0.5) is 11.4 Å². The normalized spacial score (nSPS) is 16.4. The number of nitrogens with one attached hydrogen (secondary N) is 2. The van der Waals surface area contributed by atoms with E-state index in [1.54, 1.807) is 26.0 Å². The number of aliphatic imine (C=N–C) groups is 1. The Kier molecular flexibility index (Phi) is 9.82. The summed E-state index contributed by atoms with van der Waals surface area (Å²) in [4.78, 5) is 41.8. The molecule has 0 aromatic heterocycles. The van der Waals surface area contributed by atoms with Gasteiger partial charge in [-0.25, -0.2) is 13.1 Å². The van der Waals surface area contributed by atoms with E-state index in [2.05, 4.69) is 15.0 Å². The number of nitrogens with two attached hydrogens (primary N) is 2. The summed E-state index contributed by atoms with van der Waals surface area (Å²) in [5.41, 5.74) is 14.4. The van der Waals surface area contributed by atoms with E-state index < -0.39 is 32.9 Å². The zero-order chi connectivity index (χ0) is 29.6. The second kappa shape index (κ2) is 12.9. The number of amides is 2. The summed E-state index contributed by atoms with van der Waals surface area (Å²) in [6.45, 7) is 5.84. The van der Waals surface area contributed by atoms with Crippen molar-refractivity contribution >= 4 is 39.2 Å². The lowest BCUT2D eigenvalue weighted by atomic mass is 10.1. The summed E-state index contributed by atoms with van der Waals surface area (Å²) in [5, 5.41) is 13.5. The molecule has 13 nitrogen and oxygen atoms in total. The zero-order valence-corrected chi connectivity index (χ0v) is 23.5. The van der Waals surface area contributed by atoms with E-state index in [4.69, 9.17) is 11.5 Å². The Bertz CT molecular complexity index is 1390. The minimum Gasteiger partial charge on any atom is -0.369 e. The van der Waals surface area contributed by atoms with Crippen LogP contribution in [0.15, 0.2) is 46.3 Å². The molecule has 0 aliphatic carbocycles. The zero-order valence-electron chi connectivity index (χ0n) is 22.7. The summed E-state index contributed by atoms with van der Waals surface area (Å²) < 4.78 is 27.9. The van der Waals surface area contributed by atoms with Crippen LogP contribution < -0.4 is 21.5 Å². The first-order chi connectivity index (χ1) is 18.8. The highest BCUT2D eigenvalue weighted by atomic mass is 32.2. The lowest BCUT2D eigenvalue weighted by molar-refractivity contribution is -0.384. The summed E-state index contributed by atoms with van der Waals surface area (Å²) in [6.07, 6.45) is 1.73. The highest BCUT2D eigenvalue weighted by molar-refractivity contribution is 7.90. The Morgan fingerprint density at radius 1 is 1.18 bits per heavy atom. The summed E-state index contributed by atoms with van der Waals surface area (Å²) >= 11 is 0. The number of nitrogens with zero attached hydrogens (tertiary/aromatic N) is 3. The quantitative estimate of drug-likeness (QED) is 0.108. The molecule has 2 aromatic carbocycles. The highest BCUT2D eigenvalue weighted by Crippen LogP contribution is 2.23. The number of anilines is 1. The molecular formula is C26H35N7O6S. The smallest absolute Gasteiger partial charge is 0.269 e. The fourth-order valence-corrected chi connectivity index (χ4v) is 6.26. The predicted octanol–water partition coefficient (Wildman–Crippen LogP) is 1.85. The number of hydrogen-bond donors (Lipinski definition) is 4. The number of nitro benzene ring substituents is 1. The van der Waals surface area contributed by atoms with Gasteiger partial charge >= 0.3 is 0 Å². The Balaban J connectivity index is 1.51. The molecule has 14 heteroatoms. The van der Waals surface area contributed by atoms with E-state index >= 15 is 0 Å². The van der Waals surface area contributed by atoms with Crippen LogP contribution in [0, 0.1) is 30.9 Å². The first-order valence-corrected chi connectivity index (χ1v) is 14.3. The molecule has 0 unspecified atom stereocenters. The van der Waals surface area contributed by atoms with Gasteiger partial charge in [-0.2, -0.15) is 0 Å². The molecule has 1 fully saturated rings. The Morgan fingerprint density at radius 3 is 2.40 bits per heavy atom. The van der Waals surface area contributed by atoms with E-state index in [1.807, 2.05) is 6.92 Å². The molecule has 6 N–H and O–H groups in total. The number of aryl methyl sites for hydroxylation is 3. The van der Waals surface area contributed by atoms with Gasteiger partial charge in [-0.05, 0) is 69.7 Å². The molecule has 0 bridgehead atoms. The van der Waals surface area contributed by atoms with E-state index in [9.17, 15) is 28.1 Å². The Hall–Kier alpha value is -4.04. The number of carbonyl (C=O) groups excluding carboxylic acids is 2. The van der Waals surface area contributed by atoms with Crippen molar-refractivity contribution in [1.82, 2.24) is 9.62 Å².